The van der Waals surface area contributed by atoms with Gasteiger partial charge < -0.3 is 15.0 Å². The highest BCUT2D eigenvalue weighted by molar-refractivity contribution is 5.88. The van der Waals surface area contributed by atoms with Crippen molar-refractivity contribution in [3.63, 3.8) is 0 Å². The number of fused-ring (bicyclic) bond motifs is 1. The van der Waals surface area contributed by atoms with Gasteiger partial charge in [-0.15, -0.1) is 6.58 Å². The van der Waals surface area contributed by atoms with Crippen LogP contribution >= 0.6 is 0 Å². The number of H-pyrrole nitrogens is 1. The van der Waals surface area contributed by atoms with E-state index in [4.69, 9.17) is 4.74 Å². The van der Waals surface area contributed by atoms with E-state index in [1.165, 1.54) is 19.2 Å². The Morgan fingerprint density at radius 2 is 2.10 bits per heavy atom. The second kappa shape index (κ2) is 5.51. The van der Waals surface area contributed by atoms with Crippen molar-refractivity contribution >= 4 is 16.6 Å². The maximum atomic E-state index is 13.0. The Hall–Kier alpha value is -2.44. The number of hydrogen-bond acceptors (Lipinski definition) is 3. The first-order chi connectivity index (χ1) is 9.86. The van der Waals surface area contributed by atoms with Crippen molar-refractivity contribution in [2.75, 3.05) is 19.0 Å². The molecule has 0 amide bonds. The van der Waals surface area contributed by atoms with Crippen LogP contribution in [0.25, 0.3) is 10.9 Å². The van der Waals surface area contributed by atoms with Crippen LogP contribution in [0.15, 0.2) is 35.6 Å². The molecule has 2 N–H and O–H groups in total. The molecule has 7 heteroatoms. The Morgan fingerprint density at radius 3 is 2.67 bits per heavy atom. The summed E-state index contributed by atoms with van der Waals surface area (Å²) in [6.45, 7) is 3.90. The molecule has 4 nitrogen and oxygen atoms in total. The van der Waals surface area contributed by atoms with Crippen LogP contribution in [0.5, 0.6) is 5.75 Å². The number of aromatic nitrogens is 1. The number of rotatable bonds is 4. The zero-order valence-corrected chi connectivity index (χ0v) is 11.2. The van der Waals surface area contributed by atoms with E-state index in [9.17, 15) is 18.0 Å². The lowest BCUT2D eigenvalue weighted by Gasteiger charge is -2.14. The summed E-state index contributed by atoms with van der Waals surface area (Å²) in [5.41, 5.74) is -1.34. The zero-order valence-electron chi connectivity index (χ0n) is 11.2. The molecule has 2 rings (SSSR count). The lowest BCUT2D eigenvalue weighted by atomic mass is 10.1. The third-order valence-corrected chi connectivity index (χ3v) is 2.91. The molecule has 0 radical (unpaired) electrons. The number of anilines is 1. The summed E-state index contributed by atoms with van der Waals surface area (Å²) in [7, 11) is 1.39. The van der Waals surface area contributed by atoms with Gasteiger partial charge in [0.05, 0.1) is 23.9 Å². The van der Waals surface area contributed by atoms with Gasteiger partial charge in [-0.05, 0) is 6.07 Å². The van der Waals surface area contributed by atoms with Gasteiger partial charge >= 0.3 is 6.18 Å². The van der Waals surface area contributed by atoms with Gasteiger partial charge in [-0.2, -0.15) is 13.2 Å². The molecule has 1 heterocycles. The first kappa shape index (κ1) is 15.0. The Balaban J connectivity index is 2.75. The number of hydrogen-bond donors (Lipinski definition) is 2. The summed E-state index contributed by atoms with van der Waals surface area (Å²) in [6.07, 6.45) is -3.04. The Bertz CT molecular complexity index is 735. The van der Waals surface area contributed by atoms with Crippen molar-refractivity contribution in [1.29, 1.82) is 0 Å². The molecule has 112 valence electrons. The van der Waals surface area contributed by atoms with E-state index in [1.54, 1.807) is 6.08 Å². The SMILES string of the molecule is C=CCNc1cc2c(C(F)(F)F)cc(=O)[nH]c2cc1OC. The fraction of sp³-hybridized carbons (Fsp3) is 0.214. The predicted molar refractivity (Wildman–Crippen MR) is 74.8 cm³/mol. The van der Waals surface area contributed by atoms with Crippen LogP contribution < -0.4 is 15.6 Å². The number of ether oxygens (including phenoxy) is 1. The molecule has 0 unspecified atom stereocenters. The third-order valence-electron chi connectivity index (χ3n) is 2.91. The average molecular weight is 298 g/mol. The van der Waals surface area contributed by atoms with Crippen molar-refractivity contribution in [3.8, 4) is 5.75 Å². The lowest BCUT2D eigenvalue weighted by molar-refractivity contribution is -0.136. The second-order valence-electron chi connectivity index (χ2n) is 4.31. The van der Waals surface area contributed by atoms with Crippen molar-refractivity contribution in [1.82, 2.24) is 4.98 Å². The molecule has 21 heavy (non-hydrogen) atoms. The largest absolute Gasteiger partial charge is 0.495 e. The summed E-state index contributed by atoms with van der Waals surface area (Å²) >= 11 is 0. The Labute approximate surface area is 118 Å². The molecule has 0 atom stereocenters. The fourth-order valence-electron chi connectivity index (χ4n) is 2.01. The maximum absolute atomic E-state index is 13.0. The zero-order chi connectivity index (χ0) is 15.6. The average Bonchev–Trinajstić information content (AvgIpc) is 2.42. The van der Waals surface area contributed by atoms with Crippen molar-refractivity contribution in [3.05, 3.63) is 46.8 Å². The Kier molecular flexibility index (Phi) is 3.93. The number of aromatic amines is 1. The van der Waals surface area contributed by atoms with Gasteiger partial charge in [0.15, 0.2) is 0 Å². The molecule has 0 aliphatic heterocycles. The Morgan fingerprint density at radius 1 is 1.38 bits per heavy atom. The van der Waals surface area contributed by atoms with Crippen LogP contribution in [0.4, 0.5) is 18.9 Å². The van der Waals surface area contributed by atoms with E-state index in [1.807, 2.05) is 0 Å². The number of alkyl halides is 3. The number of methoxy groups -OCH3 is 1. The molecule has 0 bridgehead atoms. The first-order valence-corrected chi connectivity index (χ1v) is 6.04. The third kappa shape index (κ3) is 3.01. The molecule has 0 saturated carbocycles. The molecular weight excluding hydrogens is 285 g/mol. The summed E-state index contributed by atoms with van der Waals surface area (Å²) in [6, 6.07) is 3.21. The van der Waals surface area contributed by atoms with Gasteiger partial charge in [0, 0.05) is 24.1 Å². The summed E-state index contributed by atoms with van der Waals surface area (Å²) in [5, 5.41) is 2.79. The minimum Gasteiger partial charge on any atom is -0.495 e. The predicted octanol–water partition coefficient (Wildman–Crippen LogP) is 3.15. The van der Waals surface area contributed by atoms with Crippen molar-refractivity contribution < 1.29 is 17.9 Å². The fourth-order valence-corrected chi connectivity index (χ4v) is 2.01. The number of halogens is 3. The van der Waals surface area contributed by atoms with Crippen LogP contribution in [0, 0.1) is 0 Å². The molecule has 2 aromatic rings. The van der Waals surface area contributed by atoms with Crippen LogP contribution in [-0.4, -0.2) is 18.6 Å². The monoisotopic (exact) mass is 298 g/mol. The molecule has 0 spiro atoms. The first-order valence-electron chi connectivity index (χ1n) is 6.04. The minimum absolute atomic E-state index is 0.0656. The quantitative estimate of drug-likeness (QED) is 0.853. The second-order valence-corrected chi connectivity index (χ2v) is 4.31. The highest BCUT2D eigenvalue weighted by atomic mass is 19.4. The van der Waals surface area contributed by atoms with Gasteiger partial charge in [0.2, 0.25) is 5.56 Å². The molecule has 0 aliphatic rings. The van der Waals surface area contributed by atoms with E-state index in [0.717, 1.165) is 0 Å². The van der Waals surface area contributed by atoms with Crippen LogP contribution in [0.2, 0.25) is 0 Å². The van der Waals surface area contributed by atoms with Crippen molar-refractivity contribution in [2.45, 2.75) is 6.18 Å². The normalized spacial score (nSPS) is 11.4. The molecule has 0 aliphatic carbocycles. The van der Waals surface area contributed by atoms with Gasteiger partial charge in [0.1, 0.15) is 5.75 Å². The molecule has 0 fully saturated rings. The van der Waals surface area contributed by atoms with E-state index in [-0.39, 0.29) is 10.9 Å². The standard InChI is InChI=1S/C14H13F3N2O2/c1-3-4-18-11-5-8-9(14(15,16)17)6-13(20)19-10(8)7-12(11)21-2/h3,5-7,18H,1,4H2,2H3,(H,19,20). The van der Waals surface area contributed by atoms with Crippen molar-refractivity contribution in [2.24, 2.45) is 0 Å². The molecular formula is C14H13F3N2O2. The lowest BCUT2D eigenvalue weighted by Crippen LogP contribution is -2.14. The van der Waals surface area contributed by atoms with E-state index in [0.29, 0.717) is 24.0 Å². The molecule has 1 aromatic heterocycles. The van der Waals surface area contributed by atoms with Crippen LogP contribution in [-0.2, 0) is 6.18 Å². The van der Waals surface area contributed by atoms with Gasteiger partial charge in [-0.1, -0.05) is 6.08 Å². The van der Waals surface area contributed by atoms with Gasteiger partial charge in [-0.25, -0.2) is 0 Å². The highest BCUT2D eigenvalue weighted by Gasteiger charge is 2.33. The topological polar surface area (TPSA) is 54.1 Å². The van der Waals surface area contributed by atoms with E-state index in [2.05, 4.69) is 16.9 Å². The highest BCUT2D eigenvalue weighted by Crippen LogP contribution is 2.37. The number of nitrogens with one attached hydrogen (secondary N) is 2. The number of benzene rings is 1. The van der Waals surface area contributed by atoms with Crippen LogP contribution in [0.1, 0.15) is 5.56 Å². The van der Waals surface area contributed by atoms with Crippen LogP contribution in [0.3, 0.4) is 0 Å². The summed E-state index contributed by atoms with van der Waals surface area (Å²) < 4.78 is 44.2. The smallest absolute Gasteiger partial charge is 0.417 e. The number of pyridine rings is 1. The van der Waals surface area contributed by atoms with Gasteiger partial charge in [0.25, 0.3) is 0 Å². The van der Waals surface area contributed by atoms with E-state index >= 15 is 0 Å². The van der Waals surface area contributed by atoms with E-state index < -0.39 is 17.3 Å². The molecule has 1 aromatic carbocycles. The minimum atomic E-state index is -4.61. The molecule has 0 saturated heterocycles. The summed E-state index contributed by atoms with van der Waals surface area (Å²) in [5.74, 6) is 0.333. The maximum Gasteiger partial charge on any atom is 0.417 e. The van der Waals surface area contributed by atoms with Gasteiger partial charge in [-0.3, -0.25) is 4.79 Å². The summed E-state index contributed by atoms with van der Waals surface area (Å²) in [4.78, 5) is 13.8.